The number of unbranched alkanes of at least 4 members (excludes halogenated alkanes) is 4. The van der Waals surface area contributed by atoms with E-state index in [2.05, 4.69) is 6.92 Å². The van der Waals surface area contributed by atoms with Crippen molar-refractivity contribution in [2.24, 2.45) is 0 Å². The number of rotatable bonds is 7. The van der Waals surface area contributed by atoms with Crippen LogP contribution in [0, 0.1) is 0 Å². The zero-order valence-corrected chi connectivity index (χ0v) is 8.27. The molecule has 0 aliphatic heterocycles. The van der Waals surface area contributed by atoms with Gasteiger partial charge in [0.1, 0.15) is 0 Å². The maximum atomic E-state index is 10.9. The molecule has 13 heavy (non-hydrogen) atoms. The molecule has 0 aliphatic rings. The molecule has 0 radical (unpaired) electrons. The summed E-state index contributed by atoms with van der Waals surface area (Å²) < 4.78 is 4.81. The van der Waals surface area contributed by atoms with Gasteiger partial charge in [-0.15, -0.1) is 0 Å². The minimum atomic E-state index is -0.0472. The molecule has 3 heteroatoms. The normalized spacial score (nSPS) is 9.08. The third-order valence-corrected chi connectivity index (χ3v) is 1.79. The zero-order chi connectivity index (χ0) is 9.23. The van der Waals surface area contributed by atoms with E-state index in [-0.39, 0.29) is 35.5 Å². The SMILES string of the molecule is CCCCCCCC(=O)OCC.[NaH]. The zero-order valence-electron chi connectivity index (χ0n) is 8.27. The Morgan fingerprint density at radius 1 is 1.08 bits per heavy atom. The van der Waals surface area contributed by atoms with Crippen LogP contribution >= 0.6 is 0 Å². The van der Waals surface area contributed by atoms with Crippen molar-refractivity contribution in [3.8, 4) is 0 Å². The summed E-state index contributed by atoms with van der Waals surface area (Å²) in [4.78, 5) is 10.9. The maximum absolute atomic E-state index is 10.9. The summed E-state index contributed by atoms with van der Waals surface area (Å²) in [5.41, 5.74) is 0. The number of carbonyl (C=O) groups excluding carboxylic acids is 1. The molecule has 0 bridgehead atoms. The van der Waals surface area contributed by atoms with Crippen molar-refractivity contribution < 1.29 is 9.53 Å². The number of ether oxygens (including phenoxy) is 1. The molecule has 0 saturated heterocycles. The molecule has 0 N–H and O–H groups in total. The van der Waals surface area contributed by atoms with Crippen molar-refractivity contribution in [1.29, 1.82) is 0 Å². The summed E-state index contributed by atoms with van der Waals surface area (Å²) in [6.45, 7) is 4.54. The van der Waals surface area contributed by atoms with Crippen LogP contribution < -0.4 is 0 Å². The van der Waals surface area contributed by atoms with E-state index in [0.717, 1.165) is 12.8 Å². The predicted molar refractivity (Wildman–Crippen MR) is 57.2 cm³/mol. The topological polar surface area (TPSA) is 26.3 Å². The van der Waals surface area contributed by atoms with Gasteiger partial charge < -0.3 is 4.74 Å². The molecule has 74 valence electrons. The molecule has 0 aromatic rings. The summed E-state index contributed by atoms with van der Waals surface area (Å²) in [6.07, 6.45) is 6.52. The molecule has 0 aromatic carbocycles. The Bertz CT molecular complexity index is 115. The van der Waals surface area contributed by atoms with Gasteiger partial charge in [0, 0.05) is 6.42 Å². The molecule has 0 atom stereocenters. The molecule has 2 nitrogen and oxygen atoms in total. The van der Waals surface area contributed by atoms with Gasteiger partial charge >= 0.3 is 35.5 Å². The van der Waals surface area contributed by atoms with Gasteiger partial charge in [-0.1, -0.05) is 32.6 Å². The summed E-state index contributed by atoms with van der Waals surface area (Å²) in [5.74, 6) is -0.0472. The first kappa shape index (κ1) is 15.9. The predicted octanol–water partition coefficient (Wildman–Crippen LogP) is 2.26. The average molecular weight is 196 g/mol. The van der Waals surface area contributed by atoms with Crippen LogP contribution in [0.3, 0.4) is 0 Å². The summed E-state index contributed by atoms with van der Waals surface area (Å²) >= 11 is 0. The first-order valence-electron chi connectivity index (χ1n) is 4.96. The molecule has 0 unspecified atom stereocenters. The van der Waals surface area contributed by atoms with Crippen LogP contribution in [0.4, 0.5) is 0 Å². The van der Waals surface area contributed by atoms with Crippen LogP contribution in [0.1, 0.15) is 52.4 Å². The van der Waals surface area contributed by atoms with Gasteiger partial charge in [0.15, 0.2) is 0 Å². The van der Waals surface area contributed by atoms with Crippen LogP contribution in [0.2, 0.25) is 0 Å². The Kier molecular flexibility index (Phi) is 15.3. The Hall–Kier alpha value is 0.470. The number of hydrogen-bond donors (Lipinski definition) is 0. The molecule has 0 amide bonds. The van der Waals surface area contributed by atoms with E-state index in [1.54, 1.807) is 0 Å². The van der Waals surface area contributed by atoms with Crippen LogP contribution in [0.5, 0.6) is 0 Å². The van der Waals surface area contributed by atoms with Crippen molar-refractivity contribution in [3.63, 3.8) is 0 Å². The molecular formula is C10H21NaO2. The van der Waals surface area contributed by atoms with Crippen molar-refractivity contribution in [1.82, 2.24) is 0 Å². The van der Waals surface area contributed by atoms with E-state index in [0.29, 0.717) is 13.0 Å². The van der Waals surface area contributed by atoms with E-state index in [1.165, 1.54) is 19.3 Å². The van der Waals surface area contributed by atoms with Gasteiger partial charge in [-0.3, -0.25) is 4.79 Å². The standard InChI is InChI=1S/C10H20O2.Na.H/c1-3-5-6-7-8-9-10(11)12-4-2;;/h3-9H2,1-2H3;;. The monoisotopic (exact) mass is 196 g/mol. The summed E-state index contributed by atoms with van der Waals surface area (Å²) in [7, 11) is 0. The second-order valence-electron chi connectivity index (χ2n) is 2.97. The van der Waals surface area contributed by atoms with Gasteiger partial charge in [-0.2, -0.15) is 0 Å². The number of hydrogen-bond acceptors (Lipinski definition) is 2. The fourth-order valence-electron chi connectivity index (χ4n) is 1.11. The first-order valence-corrected chi connectivity index (χ1v) is 4.96. The third-order valence-electron chi connectivity index (χ3n) is 1.79. The first-order chi connectivity index (χ1) is 5.81. The van der Waals surface area contributed by atoms with Gasteiger partial charge in [0.05, 0.1) is 6.61 Å². The fraction of sp³-hybridized carbons (Fsp3) is 0.900. The van der Waals surface area contributed by atoms with Gasteiger partial charge in [0.2, 0.25) is 0 Å². The molecule has 0 aliphatic carbocycles. The van der Waals surface area contributed by atoms with Crippen LogP contribution in [0.25, 0.3) is 0 Å². The van der Waals surface area contributed by atoms with Crippen molar-refractivity contribution in [2.45, 2.75) is 52.4 Å². The molecule has 0 heterocycles. The summed E-state index contributed by atoms with van der Waals surface area (Å²) in [5, 5.41) is 0. The van der Waals surface area contributed by atoms with Crippen molar-refractivity contribution in [3.05, 3.63) is 0 Å². The van der Waals surface area contributed by atoms with E-state index in [4.69, 9.17) is 4.74 Å². The van der Waals surface area contributed by atoms with Crippen molar-refractivity contribution in [2.75, 3.05) is 6.61 Å². The van der Waals surface area contributed by atoms with Crippen molar-refractivity contribution >= 4 is 35.5 Å². The quantitative estimate of drug-likeness (QED) is 0.354. The van der Waals surface area contributed by atoms with Gasteiger partial charge in [0.25, 0.3) is 0 Å². The second kappa shape index (κ2) is 12.5. The van der Waals surface area contributed by atoms with E-state index >= 15 is 0 Å². The van der Waals surface area contributed by atoms with Gasteiger partial charge in [-0.25, -0.2) is 0 Å². The fourth-order valence-corrected chi connectivity index (χ4v) is 1.11. The van der Waals surface area contributed by atoms with E-state index < -0.39 is 0 Å². The van der Waals surface area contributed by atoms with Crippen LogP contribution in [-0.2, 0) is 9.53 Å². The molecular weight excluding hydrogens is 175 g/mol. The summed E-state index contributed by atoms with van der Waals surface area (Å²) in [6, 6.07) is 0. The Morgan fingerprint density at radius 2 is 1.69 bits per heavy atom. The van der Waals surface area contributed by atoms with E-state index in [1.807, 2.05) is 6.92 Å². The number of esters is 1. The molecule has 0 rings (SSSR count). The number of carbonyl (C=O) groups is 1. The second-order valence-corrected chi connectivity index (χ2v) is 2.97. The average Bonchev–Trinajstić information content (AvgIpc) is 2.05. The molecule has 0 spiro atoms. The van der Waals surface area contributed by atoms with Gasteiger partial charge in [-0.05, 0) is 13.3 Å². The molecule has 0 aromatic heterocycles. The third kappa shape index (κ3) is 12.5. The Labute approximate surface area is 104 Å². The Balaban J connectivity index is 0. The van der Waals surface area contributed by atoms with Crippen LogP contribution in [0.15, 0.2) is 0 Å². The minimum absolute atomic E-state index is 0. The molecule has 0 fully saturated rings. The Morgan fingerprint density at radius 3 is 2.23 bits per heavy atom. The van der Waals surface area contributed by atoms with Crippen LogP contribution in [-0.4, -0.2) is 42.1 Å². The van der Waals surface area contributed by atoms with E-state index in [9.17, 15) is 4.79 Å². The molecule has 0 saturated carbocycles.